The highest BCUT2D eigenvalue weighted by atomic mass is 35.5. The first-order chi connectivity index (χ1) is 12.4. The molecule has 7 heteroatoms. The Balaban J connectivity index is 1.76. The molecule has 0 heterocycles. The topological polar surface area (TPSA) is 63.2 Å². The quantitative estimate of drug-likeness (QED) is 0.524. The van der Waals surface area contributed by atoms with Crippen LogP contribution in [-0.4, -0.2) is 26.6 Å². The highest BCUT2D eigenvalue weighted by molar-refractivity contribution is 7.90. The Morgan fingerprint density at radius 3 is 2.54 bits per heavy atom. The second-order valence-electron chi connectivity index (χ2n) is 5.72. The number of hydrogen-bond donors (Lipinski definition) is 1. The Labute approximate surface area is 163 Å². The van der Waals surface area contributed by atoms with Gasteiger partial charge in [0.1, 0.15) is 0 Å². The Hall–Kier alpha value is -1.82. The molecule has 0 aliphatic heterocycles. The van der Waals surface area contributed by atoms with Crippen LogP contribution < -0.4 is 5.32 Å². The normalized spacial score (nSPS) is 11.6. The Morgan fingerprint density at radius 1 is 1.08 bits per heavy atom. The van der Waals surface area contributed by atoms with E-state index in [1.54, 1.807) is 36.4 Å². The van der Waals surface area contributed by atoms with Crippen molar-refractivity contribution in [2.45, 2.75) is 12.2 Å². The third kappa shape index (κ3) is 7.20. The Bertz CT molecular complexity index is 881. The number of carbonyl (C=O) groups excluding carboxylic acids is 1. The molecule has 0 saturated heterocycles. The van der Waals surface area contributed by atoms with E-state index in [-0.39, 0.29) is 24.0 Å². The number of halogens is 2. The fourth-order valence-corrected chi connectivity index (χ4v) is 4.06. The van der Waals surface area contributed by atoms with Gasteiger partial charge in [0.2, 0.25) is 5.91 Å². The van der Waals surface area contributed by atoms with E-state index in [9.17, 15) is 13.2 Å². The first-order valence-electron chi connectivity index (χ1n) is 8.01. The zero-order valence-corrected chi connectivity index (χ0v) is 16.3. The molecule has 2 aromatic rings. The van der Waals surface area contributed by atoms with Crippen molar-refractivity contribution in [3.05, 3.63) is 75.8 Å². The van der Waals surface area contributed by atoms with Gasteiger partial charge in [-0.15, -0.1) is 0 Å². The van der Waals surface area contributed by atoms with Crippen LogP contribution in [0.25, 0.3) is 6.08 Å². The van der Waals surface area contributed by atoms with Gasteiger partial charge >= 0.3 is 0 Å². The molecule has 0 spiro atoms. The number of rotatable bonds is 8. The van der Waals surface area contributed by atoms with Crippen LogP contribution in [0.5, 0.6) is 0 Å². The summed E-state index contributed by atoms with van der Waals surface area (Å²) in [7, 11) is -3.20. The Morgan fingerprint density at radius 2 is 1.81 bits per heavy atom. The van der Waals surface area contributed by atoms with Gasteiger partial charge in [-0.1, -0.05) is 53.5 Å². The average Bonchev–Trinajstić information content (AvgIpc) is 2.60. The van der Waals surface area contributed by atoms with E-state index in [0.29, 0.717) is 22.0 Å². The summed E-state index contributed by atoms with van der Waals surface area (Å²) in [4.78, 5) is 11.8. The molecule has 2 aromatic carbocycles. The molecule has 0 aliphatic rings. The highest BCUT2D eigenvalue weighted by Crippen LogP contribution is 2.21. The van der Waals surface area contributed by atoms with Crippen LogP contribution in [-0.2, 0) is 20.4 Å². The van der Waals surface area contributed by atoms with E-state index in [1.165, 1.54) is 6.08 Å². The van der Waals surface area contributed by atoms with Crippen molar-refractivity contribution in [1.29, 1.82) is 0 Å². The second kappa shape index (κ2) is 9.76. The largest absolute Gasteiger partial charge is 0.353 e. The summed E-state index contributed by atoms with van der Waals surface area (Å²) >= 11 is 11.9. The number of amides is 1. The minimum absolute atomic E-state index is 0.00888. The number of nitrogens with one attached hydrogen (secondary N) is 1. The van der Waals surface area contributed by atoms with Gasteiger partial charge in [0.15, 0.2) is 9.84 Å². The standard InChI is InChI=1S/C19H19Cl2NO3S/c20-17-8-9-18(21)16(13-17)7-10-19(23)22-11-4-12-26(24,25)14-15-5-2-1-3-6-15/h1-3,5-10,13H,4,11-12,14H2,(H,22,23). The van der Waals surface area contributed by atoms with Crippen molar-refractivity contribution in [2.75, 3.05) is 12.3 Å². The van der Waals surface area contributed by atoms with E-state index in [2.05, 4.69) is 5.32 Å². The molecule has 138 valence electrons. The molecule has 0 bridgehead atoms. The smallest absolute Gasteiger partial charge is 0.244 e. The van der Waals surface area contributed by atoms with Gasteiger partial charge in [-0.25, -0.2) is 8.42 Å². The summed E-state index contributed by atoms with van der Waals surface area (Å²) in [6, 6.07) is 14.0. The van der Waals surface area contributed by atoms with Crippen molar-refractivity contribution in [3.63, 3.8) is 0 Å². The molecule has 4 nitrogen and oxygen atoms in total. The minimum atomic E-state index is -3.20. The van der Waals surface area contributed by atoms with E-state index in [0.717, 1.165) is 5.56 Å². The fraction of sp³-hybridized carbons (Fsp3) is 0.211. The van der Waals surface area contributed by atoms with E-state index < -0.39 is 9.84 Å². The maximum Gasteiger partial charge on any atom is 0.244 e. The van der Waals surface area contributed by atoms with Gasteiger partial charge in [-0.3, -0.25) is 4.79 Å². The lowest BCUT2D eigenvalue weighted by molar-refractivity contribution is -0.116. The van der Waals surface area contributed by atoms with Gasteiger partial charge in [-0.05, 0) is 41.8 Å². The predicted molar refractivity (Wildman–Crippen MR) is 107 cm³/mol. The molecular weight excluding hydrogens is 393 g/mol. The van der Waals surface area contributed by atoms with Crippen molar-refractivity contribution in [1.82, 2.24) is 5.32 Å². The molecule has 1 amide bonds. The Kier molecular flexibility index (Phi) is 7.69. The van der Waals surface area contributed by atoms with Crippen LogP contribution >= 0.6 is 23.2 Å². The molecule has 0 unspecified atom stereocenters. The molecule has 0 aliphatic carbocycles. The van der Waals surface area contributed by atoms with Crippen LogP contribution in [0.1, 0.15) is 17.5 Å². The zero-order valence-electron chi connectivity index (χ0n) is 14.0. The number of hydrogen-bond acceptors (Lipinski definition) is 3. The number of sulfone groups is 1. The van der Waals surface area contributed by atoms with Gasteiger partial charge in [-0.2, -0.15) is 0 Å². The van der Waals surface area contributed by atoms with Crippen LogP contribution in [0.2, 0.25) is 10.0 Å². The van der Waals surface area contributed by atoms with Gasteiger partial charge in [0.25, 0.3) is 0 Å². The maximum atomic E-state index is 12.1. The second-order valence-corrected chi connectivity index (χ2v) is 8.75. The van der Waals surface area contributed by atoms with Crippen LogP contribution in [0.4, 0.5) is 0 Å². The lowest BCUT2D eigenvalue weighted by Gasteiger charge is -2.05. The monoisotopic (exact) mass is 411 g/mol. The van der Waals surface area contributed by atoms with Crippen LogP contribution in [0.15, 0.2) is 54.6 Å². The highest BCUT2D eigenvalue weighted by Gasteiger charge is 2.11. The molecule has 1 N–H and O–H groups in total. The predicted octanol–water partition coefficient (Wildman–Crippen LogP) is 4.13. The summed E-state index contributed by atoms with van der Waals surface area (Å²) in [6.07, 6.45) is 3.26. The summed E-state index contributed by atoms with van der Waals surface area (Å²) in [5.41, 5.74) is 1.40. The number of benzene rings is 2. The van der Waals surface area contributed by atoms with Crippen molar-refractivity contribution < 1.29 is 13.2 Å². The lowest BCUT2D eigenvalue weighted by atomic mass is 10.2. The van der Waals surface area contributed by atoms with Gasteiger partial charge in [0, 0.05) is 22.7 Å². The maximum absolute atomic E-state index is 12.1. The minimum Gasteiger partial charge on any atom is -0.353 e. The molecule has 0 radical (unpaired) electrons. The van der Waals surface area contributed by atoms with Crippen molar-refractivity contribution in [2.24, 2.45) is 0 Å². The first kappa shape index (κ1) is 20.5. The molecule has 0 saturated carbocycles. The number of carbonyl (C=O) groups is 1. The molecule has 2 rings (SSSR count). The average molecular weight is 412 g/mol. The molecule has 0 aromatic heterocycles. The van der Waals surface area contributed by atoms with Gasteiger partial charge < -0.3 is 5.32 Å². The molecule has 26 heavy (non-hydrogen) atoms. The van der Waals surface area contributed by atoms with E-state index in [1.807, 2.05) is 18.2 Å². The van der Waals surface area contributed by atoms with Crippen molar-refractivity contribution in [3.8, 4) is 0 Å². The summed E-state index contributed by atoms with van der Waals surface area (Å²) in [5.74, 6) is -0.289. The SMILES string of the molecule is O=C(C=Cc1cc(Cl)ccc1Cl)NCCCS(=O)(=O)Cc1ccccc1. The fourth-order valence-electron chi connectivity index (χ4n) is 2.27. The van der Waals surface area contributed by atoms with E-state index in [4.69, 9.17) is 23.2 Å². The lowest BCUT2D eigenvalue weighted by Crippen LogP contribution is -2.24. The molecular formula is C19H19Cl2NO3S. The zero-order chi connectivity index (χ0) is 19.0. The van der Waals surface area contributed by atoms with Gasteiger partial charge in [0.05, 0.1) is 11.5 Å². The van der Waals surface area contributed by atoms with Crippen LogP contribution in [0, 0.1) is 0 Å². The van der Waals surface area contributed by atoms with E-state index >= 15 is 0 Å². The summed E-state index contributed by atoms with van der Waals surface area (Å²) in [6.45, 7) is 0.278. The third-order valence-corrected chi connectivity index (χ3v) is 5.80. The van der Waals surface area contributed by atoms with Crippen molar-refractivity contribution >= 4 is 45.0 Å². The summed E-state index contributed by atoms with van der Waals surface area (Å²) in [5, 5.41) is 3.67. The summed E-state index contributed by atoms with van der Waals surface area (Å²) < 4.78 is 24.1. The first-order valence-corrected chi connectivity index (χ1v) is 10.6. The molecule has 0 atom stereocenters. The van der Waals surface area contributed by atoms with Crippen LogP contribution in [0.3, 0.4) is 0 Å². The third-order valence-electron chi connectivity index (χ3n) is 3.53. The molecule has 0 fully saturated rings.